The summed E-state index contributed by atoms with van der Waals surface area (Å²) < 4.78 is 0.660. The number of hydrogen-bond donors (Lipinski definition) is 0. The van der Waals surface area contributed by atoms with E-state index in [2.05, 4.69) is 6.58 Å². The van der Waals surface area contributed by atoms with Gasteiger partial charge >= 0.3 is 11.8 Å². The third-order valence-corrected chi connectivity index (χ3v) is 5.00. The zero-order valence-electron chi connectivity index (χ0n) is 13.5. The van der Waals surface area contributed by atoms with Crippen molar-refractivity contribution in [3.05, 3.63) is 34.0 Å². The fourth-order valence-corrected chi connectivity index (χ4v) is 3.57. The predicted octanol–water partition coefficient (Wildman–Crippen LogP) is 1.61. The van der Waals surface area contributed by atoms with Crippen LogP contribution < -0.4 is 0 Å². The lowest BCUT2D eigenvalue weighted by Crippen LogP contribution is -2.56. The molecule has 0 aromatic carbocycles. The van der Waals surface area contributed by atoms with Gasteiger partial charge in [-0.1, -0.05) is 17.7 Å². The summed E-state index contributed by atoms with van der Waals surface area (Å²) >= 11 is 7.32. The van der Waals surface area contributed by atoms with Crippen molar-refractivity contribution in [3.8, 4) is 0 Å². The van der Waals surface area contributed by atoms with E-state index in [9.17, 15) is 14.4 Å². The summed E-state index contributed by atoms with van der Waals surface area (Å²) in [7, 11) is 0. The maximum absolute atomic E-state index is 12.5. The molecule has 0 N–H and O–H groups in total. The molecule has 1 aromatic rings. The van der Waals surface area contributed by atoms with Crippen molar-refractivity contribution in [2.75, 3.05) is 32.7 Å². The summed E-state index contributed by atoms with van der Waals surface area (Å²) in [6.45, 7) is 7.48. The molecule has 130 valence electrons. The minimum Gasteiger partial charge on any atom is -0.333 e. The van der Waals surface area contributed by atoms with Gasteiger partial charge < -0.3 is 14.7 Å². The molecule has 1 aliphatic heterocycles. The summed E-state index contributed by atoms with van der Waals surface area (Å²) in [6, 6.07) is 3.65. The van der Waals surface area contributed by atoms with Crippen LogP contribution in [0.2, 0.25) is 4.34 Å². The Morgan fingerprint density at radius 3 is 2.58 bits per heavy atom. The largest absolute Gasteiger partial charge is 0.333 e. The quantitative estimate of drug-likeness (QED) is 0.542. The van der Waals surface area contributed by atoms with Gasteiger partial charge in [-0.2, -0.15) is 0 Å². The number of halogens is 1. The van der Waals surface area contributed by atoms with Crippen molar-refractivity contribution in [1.29, 1.82) is 0 Å². The Morgan fingerprint density at radius 2 is 2.00 bits per heavy atom. The molecule has 1 fully saturated rings. The third-order valence-electron chi connectivity index (χ3n) is 3.78. The third kappa shape index (κ3) is 4.36. The second-order valence-electron chi connectivity index (χ2n) is 5.38. The Labute approximate surface area is 150 Å². The van der Waals surface area contributed by atoms with Gasteiger partial charge in [0.15, 0.2) is 0 Å². The summed E-state index contributed by atoms with van der Waals surface area (Å²) in [5.41, 5.74) is 0. The fraction of sp³-hybridized carbons (Fsp3) is 0.438. The molecule has 3 amide bonds. The van der Waals surface area contributed by atoms with Gasteiger partial charge in [0.1, 0.15) is 6.54 Å². The first-order valence-electron chi connectivity index (χ1n) is 7.67. The molecule has 8 heteroatoms. The highest BCUT2D eigenvalue weighted by Gasteiger charge is 2.33. The minimum absolute atomic E-state index is 0.102. The van der Waals surface area contributed by atoms with E-state index in [1.54, 1.807) is 17.0 Å². The van der Waals surface area contributed by atoms with E-state index in [0.717, 1.165) is 4.88 Å². The van der Waals surface area contributed by atoms with Crippen LogP contribution in [0.1, 0.15) is 11.8 Å². The van der Waals surface area contributed by atoms with Gasteiger partial charge in [0.05, 0.1) is 10.9 Å². The van der Waals surface area contributed by atoms with Gasteiger partial charge in [0.2, 0.25) is 5.91 Å². The molecular weight excluding hydrogens is 350 g/mol. The lowest BCUT2D eigenvalue weighted by atomic mass is 10.2. The number of hydrogen-bond acceptors (Lipinski definition) is 4. The number of thiophene rings is 1. The molecule has 24 heavy (non-hydrogen) atoms. The number of likely N-dealkylation sites (N-methyl/N-ethyl adjacent to an activating group) is 1. The molecule has 6 nitrogen and oxygen atoms in total. The lowest BCUT2D eigenvalue weighted by Gasteiger charge is -2.33. The Kier molecular flexibility index (Phi) is 6.39. The van der Waals surface area contributed by atoms with E-state index in [1.165, 1.54) is 21.1 Å². The predicted molar refractivity (Wildman–Crippen MR) is 93.8 cm³/mol. The second kappa shape index (κ2) is 8.30. The molecule has 0 radical (unpaired) electrons. The van der Waals surface area contributed by atoms with Crippen LogP contribution in [0.3, 0.4) is 0 Å². The normalized spacial score (nSPS) is 14.9. The lowest BCUT2D eigenvalue weighted by molar-refractivity contribution is -0.157. The average Bonchev–Trinajstić information content (AvgIpc) is 2.96. The van der Waals surface area contributed by atoms with Crippen LogP contribution in [0.4, 0.5) is 0 Å². The molecule has 0 atom stereocenters. The molecule has 1 saturated heterocycles. The molecular formula is C16H20ClN3O3S. The molecule has 0 spiro atoms. The molecule has 1 aromatic heterocycles. The molecule has 1 aliphatic rings. The summed E-state index contributed by atoms with van der Waals surface area (Å²) in [4.78, 5) is 41.9. The molecule has 0 unspecified atom stereocenters. The van der Waals surface area contributed by atoms with E-state index in [0.29, 0.717) is 37.1 Å². The van der Waals surface area contributed by atoms with Gasteiger partial charge in [-0.15, -0.1) is 17.9 Å². The number of rotatable bonds is 7. The first-order valence-corrected chi connectivity index (χ1v) is 8.86. The average molecular weight is 370 g/mol. The van der Waals surface area contributed by atoms with E-state index in [4.69, 9.17) is 11.6 Å². The van der Waals surface area contributed by atoms with E-state index in [1.807, 2.05) is 13.0 Å². The standard InChI is InChI=1S/C16H20ClN3O3S/c1-3-7-19(10-12-5-6-13(17)24-12)14(21)11-20-9-8-18(4-2)15(22)16(20)23/h3,5-6H,1,4,7-11H2,2H3. The van der Waals surface area contributed by atoms with Crippen molar-refractivity contribution in [3.63, 3.8) is 0 Å². The summed E-state index contributed by atoms with van der Waals surface area (Å²) in [5, 5.41) is 0. The van der Waals surface area contributed by atoms with Gasteiger partial charge in [-0.25, -0.2) is 0 Å². The maximum Gasteiger partial charge on any atom is 0.312 e. The molecule has 0 bridgehead atoms. The van der Waals surface area contributed by atoms with E-state index < -0.39 is 11.8 Å². The fourth-order valence-electron chi connectivity index (χ4n) is 2.47. The number of piperazine rings is 1. The van der Waals surface area contributed by atoms with Gasteiger partial charge in [-0.05, 0) is 19.1 Å². The highest BCUT2D eigenvalue weighted by atomic mass is 35.5. The Balaban J connectivity index is 2.01. The molecule has 0 aliphatic carbocycles. The Morgan fingerprint density at radius 1 is 1.33 bits per heavy atom. The van der Waals surface area contributed by atoms with E-state index in [-0.39, 0.29) is 12.5 Å². The van der Waals surface area contributed by atoms with Crippen LogP contribution in [-0.4, -0.2) is 65.1 Å². The van der Waals surface area contributed by atoms with Crippen LogP contribution >= 0.6 is 22.9 Å². The number of nitrogens with zero attached hydrogens (tertiary/aromatic N) is 3. The maximum atomic E-state index is 12.5. The van der Waals surface area contributed by atoms with E-state index >= 15 is 0 Å². The SMILES string of the molecule is C=CCN(Cc1ccc(Cl)s1)C(=O)CN1CCN(CC)C(=O)C1=O. The highest BCUT2D eigenvalue weighted by molar-refractivity contribution is 7.16. The van der Waals surface area contributed by atoms with Crippen LogP contribution in [-0.2, 0) is 20.9 Å². The highest BCUT2D eigenvalue weighted by Crippen LogP contribution is 2.22. The van der Waals surface area contributed by atoms with Crippen molar-refractivity contribution in [2.45, 2.75) is 13.5 Å². The number of carbonyl (C=O) groups is 3. The van der Waals surface area contributed by atoms with Gasteiger partial charge in [0.25, 0.3) is 0 Å². The number of amides is 3. The molecule has 2 rings (SSSR count). The van der Waals surface area contributed by atoms with Crippen molar-refractivity contribution in [2.24, 2.45) is 0 Å². The first kappa shape index (κ1) is 18.5. The summed E-state index contributed by atoms with van der Waals surface area (Å²) in [6.07, 6.45) is 1.63. The van der Waals surface area contributed by atoms with Gasteiger partial charge in [0, 0.05) is 31.1 Å². The molecule has 2 heterocycles. The first-order chi connectivity index (χ1) is 11.5. The molecule has 0 saturated carbocycles. The Bertz CT molecular complexity index is 646. The topological polar surface area (TPSA) is 60.9 Å². The zero-order chi connectivity index (χ0) is 17.7. The van der Waals surface area contributed by atoms with Crippen LogP contribution in [0.15, 0.2) is 24.8 Å². The smallest absolute Gasteiger partial charge is 0.312 e. The zero-order valence-corrected chi connectivity index (χ0v) is 15.1. The van der Waals surface area contributed by atoms with Crippen molar-refractivity contribution in [1.82, 2.24) is 14.7 Å². The summed E-state index contributed by atoms with van der Waals surface area (Å²) in [5.74, 6) is -1.38. The monoisotopic (exact) mass is 369 g/mol. The van der Waals surface area contributed by atoms with Crippen molar-refractivity contribution < 1.29 is 14.4 Å². The van der Waals surface area contributed by atoms with Crippen LogP contribution in [0.5, 0.6) is 0 Å². The minimum atomic E-state index is -0.617. The second-order valence-corrected chi connectivity index (χ2v) is 7.18. The van der Waals surface area contributed by atoms with Crippen LogP contribution in [0, 0.1) is 0 Å². The number of carbonyl (C=O) groups excluding carboxylic acids is 3. The van der Waals surface area contributed by atoms with Crippen LogP contribution in [0.25, 0.3) is 0 Å². The Hall–Kier alpha value is -1.86. The van der Waals surface area contributed by atoms with Gasteiger partial charge in [-0.3, -0.25) is 14.4 Å². The van der Waals surface area contributed by atoms with Crippen molar-refractivity contribution >= 4 is 40.7 Å².